The van der Waals surface area contributed by atoms with Gasteiger partial charge >= 0.3 is 5.63 Å². The Kier molecular flexibility index (Phi) is 4.11. The smallest absolute Gasteiger partial charge is 0.351 e. The molecule has 0 aliphatic heterocycles. The van der Waals surface area contributed by atoms with Gasteiger partial charge in [0, 0.05) is 6.07 Å². The maximum atomic E-state index is 12.2. The number of allylic oxidation sites excluding steroid dienone is 1. The SMILES string of the molecule is Cc1cc(O)c(C(=O)C=Cc2ccnn2-c2ccccc2)c(=O)o1. The molecule has 0 radical (unpaired) electrons. The van der Waals surface area contributed by atoms with Crippen LogP contribution >= 0.6 is 0 Å². The molecule has 0 bridgehead atoms. The van der Waals surface area contributed by atoms with Crippen molar-refractivity contribution in [2.75, 3.05) is 0 Å². The molecular formula is C18H14N2O4. The van der Waals surface area contributed by atoms with Crippen molar-refractivity contribution in [3.63, 3.8) is 0 Å². The van der Waals surface area contributed by atoms with Crippen LogP contribution in [0.5, 0.6) is 5.75 Å². The molecule has 1 aromatic carbocycles. The Hall–Kier alpha value is -3.41. The summed E-state index contributed by atoms with van der Waals surface area (Å²) in [5.41, 5.74) is 0.249. The molecule has 0 saturated heterocycles. The van der Waals surface area contributed by atoms with Crippen molar-refractivity contribution in [2.24, 2.45) is 0 Å². The number of carbonyl (C=O) groups is 1. The summed E-state index contributed by atoms with van der Waals surface area (Å²) in [5, 5.41) is 14.0. The van der Waals surface area contributed by atoms with Crippen LogP contribution in [0, 0.1) is 6.92 Å². The van der Waals surface area contributed by atoms with Crippen LogP contribution in [-0.2, 0) is 0 Å². The summed E-state index contributed by atoms with van der Waals surface area (Å²) < 4.78 is 6.51. The van der Waals surface area contributed by atoms with Crippen LogP contribution < -0.4 is 5.63 Å². The standard InChI is InChI=1S/C18H14N2O4/c1-12-11-16(22)17(18(23)24-12)15(21)8-7-14-9-10-19-20(14)13-5-3-2-4-6-13/h2-11,22H,1H3. The predicted octanol–water partition coefficient (Wildman–Crippen LogP) is 2.74. The summed E-state index contributed by atoms with van der Waals surface area (Å²) in [4.78, 5) is 24.0. The summed E-state index contributed by atoms with van der Waals surface area (Å²) in [6, 6.07) is 12.4. The first-order valence-electron chi connectivity index (χ1n) is 7.22. The Morgan fingerprint density at radius 1 is 1.25 bits per heavy atom. The number of carbonyl (C=O) groups excluding carboxylic acids is 1. The monoisotopic (exact) mass is 322 g/mol. The van der Waals surface area contributed by atoms with E-state index >= 15 is 0 Å². The van der Waals surface area contributed by atoms with Crippen molar-refractivity contribution in [3.8, 4) is 11.4 Å². The van der Waals surface area contributed by atoms with Gasteiger partial charge in [0.2, 0.25) is 0 Å². The van der Waals surface area contributed by atoms with E-state index in [4.69, 9.17) is 4.42 Å². The second-order valence-corrected chi connectivity index (χ2v) is 5.11. The van der Waals surface area contributed by atoms with Crippen molar-refractivity contribution in [2.45, 2.75) is 6.92 Å². The highest BCUT2D eigenvalue weighted by atomic mass is 16.4. The molecule has 24 heavy (non-hydrogen) atoms. The van der Waals surface area contributed by atoms with E-state index in [0.29, 0.717) is 5.69 Å². The van der Waals surface area contributed by atoms with Gasteiger partial charge in [0.05, 0.1) is 17.6 Å². The average molecular weight is 322 g/mol. The fourth-order valence-electron chi connectivity index (χ4n) is 2.29. The summed E-state index contributed by atoms with van der Waals surface area (Å²) >= 11 is 0. The third-order valence-electron chi connectivity index (χ3n) is 3.38. The number of aromatic nitrogens is 2. The van der Waals surface area contributed by atoms with E-state index in [-0.39, 0.29) is 11.3 Å². The molecule has 0 spiro atoms. The van der Waals surface area contributed by atoms with Crippen LogP contribution in [0.1, 0.15) is 21.8 Å². The predicted molar refractivity (Wildman–Crippen MR) is 88.3 cm³/mol. The van der Waals surface area contributed by atoms with Crippen molar-refractivity contribution in [3.05, 3.63) is 82.2 Å². The lowest BCUT2D eigenvalue weighted by atomic mass is 10.1. The number of aryl methyl sites for hydroxylation is 1. The van der Waals surface area contributed by atoms with Gasteiger partial charge in [-0.3, -0.25) is 4.79 Å². The molecule has 0 saturated carbocycles. The number of rotatable bonds is 4. The fraction of sp³-hybridized carbons (Fsp3) is 0.0556. The minimum absolute atomic E-state index is 0.236. The van der Waals surface area contributed by atoms with E-state index in [2.05, 4.69) is 5.10 Å². The van der Waals surface area contributed by atoms with Crippen molar-refractivity contribution < 1.29 is 14.3 Å². The maximum Gasteiger partial charge on any atom is 0.351 e. The number of aromatic hydroxyl groups is 1. The van der Waals surface area contributed by atoms with Gasteiger partial charge in [-0.15, -0.1) is 0 Å². The van der Waals surface area contributed by atoms with Crippen LogP contribution in [0.2, 0.25) is 0 Å². The number of benzene rings is 1. The van der Waals surface area contributed by atoms with Crippen LogP contribution in [-0.4, -0.2) is 20.7 Å². The quantitative estimate of drug-likeness (QED) is 0.589. The van der Waals surface area contributed by atoms with Crippen molar-refractivity contribution >= 4 is 11.9 Å². The zero-order valence-electron chi connectivity index (χ0n) is 12.8. The van der Waals surface area contributed by atoms with E-state index < -0.39 is 17.2 Å². The zero-order chi connectivity index (χ0) is 17.1. The number of hydrogen-bond donors (Lipinski definition) is 1. The van der Waals surface area contributed by atoms with Crippen molar-refractivity contribution in [1.82, 2.24) is 9.78 Å². The lowest BCUT2D eigenvalue weighted by Gasteiger charge is -2.04. The second kappa shape index (κ2) is 6.37. The highest BCUT2D eigenvalue weighted by molar-refractivity contribution is 6.08. The zero-order valence-corrected chi connectivity index (χ0v) is 12.8. The molecule has 6 heteroatoms. The summed E-state index contributed by atoms with van der Waals surface area (Å²) in [6.45, 7) is 1.52. The third kappa shape index (κ3) is 3.03. The third-order valence-corrected chi connectivity index (χ3v) is 3.38. The van der Waals surface area contributed by atoms with Gasteiger partial charge in [0.1, 0.15) is 17.1 Å². The topological polar surface area (TPSA) is 85.3 Å². The largest absolute Gasteiger partial charge is 0.507 e. The van der Waals surface area contributed by atoms with E-state index in [1.54, 1.807) is 16.9 Å². The maximum absolute atomic E-state index is 12.2. The first-order chi connectivity index (χ1) is 11.6. The van der Waals surface area contributed by atoms with Gasteiger partial charge in [0.15, 0.2) is 5.78 Å². The lowest BCUT2D eigenvalue weighted by molar-refractivity contribution is 0.104. The molecule has 0 unspecified atom stereocenters. The second-order valence-electron chi connectivity index (χ2n) is 5.11. The molecule has 120 valence electrons. The lowest BCUT2D eigenvalue weighted by Crippen LogP contribution is -2.13. The number of nitrogens with zero attached hydrogens (tertiary/aromatic N) is 2. The molecule has 0 atom stereocenters. The Balaban J connectivity index is 1.92. The molecule has 2 aromatic heterocycles. The number of para-hydroxylation sites is 1. The van der Waals surface area contributed by atoms with Gasteiger partial charge in [-0.1, -0.05) is 18.2 Å². The summed E-state index contributed by atoms with van der Waals surface area (Å²) in [5.74, 6) is -0.794. The van der Waals surface area contributed by atoms with E-state index in [9.17, 15) is 14.7 Å². The van der Waals surface area contributed by atoms with Gasteiger partial charge in [-0.2, -0.15) is 5.10 Å². The van der Waals surface area contributed by atoms with Crippen LogP contribution in [0.25, 0.3) is 11.8 Å². The van der Waals surface area contributed by atoms with E-state index in [1.165, 1.54) is 25.1 Å². The van der Waals surface area contributed by atoms with Gasteiger partial charge in [0.25, 0.3) is 0 Å². The Morgan fingerprint density at radius 2 is 2.00 bits per heavy atom. The molecule has 3 rings (SSSR count). The molecule has 0 fully saturated rings. The summed E-state index contributed by atoms with van der Waals surface area (Å²) in [7, 11) is 0. The van der Waals surface area contributed by atoms with E-state index in [1.807, 2.05) is 30.3 Å². The molecule has 2 heterocycles. The van der Waals surface area contributed by atoms with Crippen LogP contribution in [0.4, 0.5) is 0 Å². The molecule has 0 amide bonds. The van der Waals surface area contributed by atoms with Gasteiger partial charge in [-0.25, -0.2) is 9.48 Å². The molecule has 0 aliphatic rings. The van der Waals surface area contributed by atoms with Crippen molar-refractivity contribution in [1.29, 1.82) is 0 Å². The average Bonchev–Trinajstić information content (AvgIpc) is 3.01. The van der Waals surface area contributed by atoms with E-state index in [0.717, 1.165) is 5.69 Å². The molecule has 1 N–H and O–H groups in total. The highest BCUT2D eigenvalue weighted by Crippen LogP contribution is 2.16. The summed E-state index contributed by atoms with van der Waals surface area (Å²) in [6.07, 6.45) is 4.34. The Bertz CT molecular complexity index is 968. The Labute approximate surface area is 137 Å². The number of hydrogen-bond acceptors (Lipinski definition) is 5. The fourth-order valence-corrected chi connectivity index (χ4v) is 2.29. The minimum atomic E-state index is -0.862. The first kappa shape index (κ1) is 15.5. The van der Waals surface area contributed by atoms with Gasteiger partial charge < -0.3 is 9.52 Å². The van der Waals surface area contributed by atoms with Crippen LogP contribution in [0.15, 0.2) is 63.9 Å². The van der Waals surface area contributed by atoms with Crippen LogP contribution in [0.3, 0.4) is 0 Å². The normalized spacial score (nSPS) is 11.0. The highest BCUT2D eigenvalue weighted by Gasteiger charge is 2.16. The molecule has 3 aromatic rings. The first-order valence-corrected chi connectivity index (χ1v) is 7.22. The molecular weight excluding hydrogens is 308 g/mol. The minimum Gasteiger partial charge on any atom is -0.507 e. The number of ketones is 1. The molecule has 0 aliphatic carbocycles. The Morgan fingerprint density at radius 3 is 2.71 bits per heavy atom. The molecule has 6 nitrogen and oxygen atoms in total. The van der Waals surface area contributed by atoms with Gasteiger partial charge in [-0.05, 0) is 37.3 Å².